The third-order valence-corrected chi connectivity index (χ3v) is 4.53. The van der Waals surface area contributed by atoms with Crippen molar-refractivity contribution in [3.05, 3.63) is 35.6 Å². The summed E-state index contributed by atoms with van der Waals surface area (Å²) in [5.74, 6) is -2.11. The summed E-state index contributed by atoms with van der Waals surface area (Å²) in [6, 6.07) is 5.82. The number of aliphatic carboxylic acids is 1. The van der Waals surface area contributed by atoms with Crippen molar-refractivity contribution in [2.75, 3.05) is 13.1 Å². The molecule has 1 aromatic rings. The van der Waals surface area contributed by atoms with Crippen molar-refractivity contribution in [3.8, 4) is 0 Å². The quantitative estimate of drug-likeness (QED) is 0.697. The van der Waals surface area contributed by atoms with E-state index in [-0.39, 0.29) is 36.6 Å². The minimum Gasteiger partial charge on any atom is -0.481 e. The number of amides is 2. The summed E-state index contributed by atoms with van der Waals surface area (Å²) in [6.07, 6.45) is 0.435. The van der Waals surface area contributed by atoms with Crippen LogP contribution in [0.25, 0.3) is 0 Å². The summed E-state index contributed by atoms with van der Waals surface area (Å²) < 4.78 is 13.1. The van der Waals surface area contributed by atoms with E-state index in [1.54, 1.807) is 12.1 Å². The molecule has 0 aromatic heterocycles. The fraction of sp³-hybridized carbons (Fsp3) is 0.471. The fourth-order valence-corrected chi connectivity index (χ4v) is 3.05. The first-order valence-electron chi connectivity index (χ1n) is 7.72. The van der Waals surface area contributed by atoms with Gasteiger partial charge < -0.3 is 15.7 Å². The van der Waals surface area contributed by atoms with E-state index in [0.29, 0.717) is 6.42 Å². The van der Waals surface area contributed by atoms with Crippen molar-refractivity contribution in [3.63, 3.8) is 0 Å². The van der Waals surface area contributed by atoms with Gasteiger partial charge in [0.05, 0.1) is 18.4 Å². The lowest BCUT2D eigenvalue weighted by Crippen LogP contribution is -2.43. The molecule has 1 aromatic carbocycles. The molecule has 1 atom stereocenters. The molecule has 0 aliphatic heterocycles. The van der Waals surface area contributed by atoms with Gasteiger partial charge in [-0.3, -0.25) is 14.4 Å². The Morgan fingerprint density at radius 3 is 2.25 bits per heavy atom. The van der Waals surface area contributed by atoms with E-state index in [2.05, 4.69) is 10.6 Å². The summed E-state index contributed by atoms with van der Waals surface area (Å²) in [7, 11) is 0. The Labute approximate surface area is 139 Å². The van der Waals surface area contributed by atoms with Crippen LogP contribution >= 0.6 is 0 Å². The van der Waals surface area contributed by atoms with Crippen molar-refractivity contribution < 1.29 is 23.9 Å². The lowest BCUT2D eigenvalue weighted by molar-refractivity contribution is -0.137. The summed E-state index contributed by atoms with van der Waals surface area (Å²) in [4.78, 5) is 34.7. The number of rotatable bonds is 7. The largest absolute Gasteiger partial charge is 0.481 e. The molecule has 3 N–H and O–H groups in total. The molecule has 1 fully saturated rings. The van der Waals surface area contributed by atoms with Gasteiger partial charge in [0.2, 0.25) is 11.8 Å². The van der Waals surface area contributed by atoms with Crippen LogP contribution in [0, 0.1) is 11.2 Å². The van der Waals surface area contributed by atoms with Gasteiger partial charge in [0.15, 0.2) is 0 Å². The number of halogens is 1. The number of carbonyl (C=O) groups excluding carboxylic acids is 2. The van der Waals surface area contributed by atoms with Crippen molar-refractivity contribution >= 4 is 17.8 Å². The van der Waals surface area contributed by atoms with E-state index in [0.717, 1.165) is 5.56 Å². The molecule has 1 aliphatic rings. The topological polar surface area (TPSA) is 95.5 Å². The number of nitrogens with one attached hydrogen (secondary N) is 2. The van der Waals surface area contributed by atoms with Crippen LogP contribution in [0.15, 0.2) is 24.3 Å². The van der Waals surface area contributed by atoms with Crippen LogP contribution in [0.1, 0.15) is 32.3 Å². The predicted molar refractivity (Wildman–Crippen MR) is 84.7 cm³/mol. The van der Waals surface area contributed by atoms with Gasteiger partial charge in [-0.15, -0.1) is 0 Å². The SMILES string of the molecule is CC1(C)C[C@@]1(C(=O)NCC(=O)NCCC(=O)O)c1ccc(F)cc1. The molecular formula is C17H21FN2O4. The molecule has 0 heterocycles. The fourth-order valence-electron chi connectivity index (χ4n) is 3.05. The van der Waals surface area contributed by atoms with Crippen molar-refractivity contribution in [1.29, 1.82) is 0 Å². The summed E-state index contributed by atoms with van der Waals surface area (Å²) in [5, 5.41) is 13.5. The number of carboxylic acids is 1. The maximum atomic E-state index is 13.1. The van der Waals surface area contributed by atoms with Gasteiger partial charge in [-0.25, -0.2) is 4.39 Å². The highest BCUT2D eigenvalue weighted by Crippen LogP contribution is 2.64. The number of carboxylic acid groups (broad SMARTS) is 1. The highest BCUT2D eigenvalue weighted by molar-refractivity contribution is 5.95. The van der Waals surface area contributed by atoms with Crippen LogP contribution in [0.5, 0.6) is 0 Å². The van der Waals surface area contributed by atoms with Crippen LogP contribution < -0.4 is 10.6 Å². The van der Waals surface area contributed by atoms with Gasteiger partial charge in [0.1, 0.15) is 5.82 Å². The van der Waals surface area contributed by atoms with Crippen LogP contribution in [-0.4, -0.2) is 36.0 Å². The van der Waals surface area contributed by atoms with Crippen molar-refractivity contribution in [1.82, 2.24) is 10.6 Å². The summed E-state index contributed by atoms with van der Waals surface area (Å²) in [6.45, 7) is 3.68. The molecule has 2 amide bonds. The summed E-state index contributed by atoms with van der Waals surface area (Å²) >= 11 is 0. The van der Waals surface area contributed by atoms with Gasteiger partial charge in [0, 0.05) is 6.54 Å². The average molecular weight is 336 g/mol. The number of benzene rings is 1. The van der Waals surface area contributed by atoms with Crippen molar-refractivity contribution in [2.24, 2.45) is 5.41 Å². The molecule has 130 valence electrons. The average Bonchev–Trinajstić information content (AvgIpc) is 3.09. The van der Waals surface area contributed by atoms with Gasteiger partial charge in [-0.1, -0.05) is 26.0 Å². The first-order chi connectivity index (χ1) is 11.2. The maximum absolute atomic E-state index is 13.1. The molecule has 0 unspecified atom stereocenters. The zero-order valence-electron chi connectivity index (χ0n) is 13.7. The Balaban J connectivity index is 1.98. The summed E-state index contributed by atoms with van der Waals surface area (Å²) in [5.41, 5.74) is -0.339. The predicted octanol–water partition coefficient (Wildman–Crippen LogP) is 1.20. The third-order valence-electron chi connectivity index (χ3n) is 4.53. The Kier molecular flexibility index (Phi) is 4.91. The molecule has 0 bridgehead atoms. The Hall–Kier alpha value is -2.44. The minimum atomic E-state index is -1.01. The molecular weight excluding hydrogens is 315 g/mol. The Bertz CT molecular complexity index is 657. The number of carbonyl (C=O) groups is 3. The normalized spacial score (nSPS) is 21.0. The standard InChI is InChI=1S/C17H21FN2O4/c1-16(2)10-17(16,11-3-5-12(18)6-4-11)15(24)20-9-13(21)19-8-7-14(22)23/h3-6H,7-10H2,1-2H3,(H,19,21)(H,20,24)(H,22,23)/t17-/m0/s1. The van der Waals surface area contributed by atoms with Gasteiger partial charge in [-0.2, -0.15) is 0 Å². The first-order valence-corrected chi connectivity index (χ1v) is 7.72. The van der Waals surface area contributed by atoms with Gasteiger partial charge in [0.25, 0.3) is 0 Å². The highest BCUT2D eigenvalue weighted by Gasteiger charge is 2.67. The Morgan fingerprint density at radius 1 is 1.17 bits per heavy atom. The lowest BCUT2D eigenvalue weighted by Gasteiger charge is -2.20. The van der Waals surface area contributed by atoms with E-state index in [4.69, 9.17) is 5.11 Å². The maximum Gasteiger partial charge on any atom is 0.305 e. The number of hydrogen-bond acceptors (Lipinski definition) is 3. The number of hydrogen-bond donors (Lipinski definition) is 3. The second kappa shape index (κ2) is 6.59. The van der Waals surface area contributed by atoms with Gasteiger partial charge in [-0.05, 0) is 29.5 Å². The molecule has 7 heteroatoms. The molecule has 0 radical (unpaired) electrons. The molecule has 1 aliphatic carbocycles. The van der Waals surface area contributed by atoms with Gasteiger partial charge >= 0.3 is 5.97 Å². The molecule has 24 heavy (non-hydrogen) atoms. The van der Waals surface area contributed by atoms with E-state index in [9.17, 15) is 18.8 Å². The first kappa shape index (κ1) is 17.9. The molecule has 2 rings (SSSR count). The zero-order chi connectivity index (χ0) is 18.0. The Morgan fingerprint density at radius 2 is 1.75 bits per heavy atom. The van der Waals surface area contributed by atoms with Crippen LogP contribution in [0.2, 0.25) is 0 Å². The molecule has 0 spiro atoms. The smallest absolute Gasteiger partial charge is 0.305 e. The van der Waals surface area contributed by atoms with E-state index < -0.39 is 17.3 Å². The third kappa shape index (κ3) is 3.55. The molecule has 6 nitrogen and oxygen atoms in total. The second-order valence-corrected chi connectivity index (χ2v) is 6.65. The van der Waals surface area contributed by atoms with Crippen LogP contribution in [0.3, 0.4) is 0 Å². The van der Waals surface area contributed by atoms with Crippen LogP contribution in [0.4, 0.5) is 4.39 Å². The van der Waals surface area contributed by atoms with Crippen LogP contribution in [-0.2, 0) is 19.8 Å². The molecule has 0 saturated heterocycles. The molecule has 1 saturated carbocycles. The van der Waals surface area contributed by atoms with E-state index in [1.165, 1.54) is 12.1 Å². The van der Waals surface area contributed by atoms with E-state index in [1.807, 2.05) is 13.8 Å². The lowest BCUT2D eigenvalue weighted by atomic mass is 9.87. The van der Waals surface area contributed by atoms with Crippen molar-refractivity contribution in [2.45, 2.75) is 32.1 Å². The monoisotopic (exact) mass is 336 g/mol. The minimum absolute atomic E-state index is 0.0125. The second-order valence-electron chi connectivity index (χ2n) is 6.65. The zero-order valence-corrected chi connectivity index (χ0v) is 13.7. The highest BCUT2D eigenvalue weighted by atomic mass is 19.1. The van der Waals surface area contributed by atoms with E-state index >= 15 is 0 Å².